The summed E-state index contributed by atoms with van der Waals surface area (Å²) in [5.41, 5.74) is 0. The fourth-order valence-electron chi connectivity index (χ4n) is 1.75. The number of hydrogen-bond acceptors (Lipinski definition) is 6. The second-order valence-corrected chi connectivity index (χ2v) is 8.22. The number of anilines is 1. The predicted molar refractivity (Wildman–Crippen MR) is 80.2 cm³/mol. The van der Waals surface area contributed by atoms with Crippen LogP contribution in [0.15, 0.2) is 0 Å². The smallest absolute Gasteiger partial charge is 0.226 e. The maximum absolute atomic E-state index is 11.6. The minimum absolute atomic E-state index is 0.0552. The second-order valence-electron chi connectivity index (χ2n) is 4.25. The third-order valence-corrected chi connectivity index (χ3v) is 6.44. The summed E-state index contributed by atoms with van der Waals surface area (Å²) in [5, 5.41) is 12.8. The van der Waals surface area contributed by atoms with Crippen molar-refractivity contribution in [3.63, 3.8) is 0 Å². The molecular weight excluding hydrogens is 286 g/mol. The van der Waals surface area contributed by atoms with E-state index in [1.807, 2.05) is 28.5 Å². The Bertz CT molecular complexity index is 391. The zero-order chi connectivity index (χ0) is 12.8. The lowest BCUT2D eigenvalue weighted by Crippen LogP contribution is -2.11. The van der Waals surface area contributed by atoms with Gasteiger partial charge in [0.05, 0.1) is 0 Å². The fourth-order valence-corrected chi connectivity index (χ4v) is 5.39. The molecule has 0 aromatic carbocycles. The highest BCUT2D eigenvalue weighted by Crippen LogP contribution is 2.39. The van der Waals surface area contributed by atoms with E-state index in [2.05, 4.69) is 15.5 Å². The van der Waals surface area contributed by atoms with Gasteiger partial charge in [0.1, 0.15) is 5.01 Å². The zero-order valence-corrected chi connectivity index (χ0v) is 12.8. The third kappa shape index (κ3) is 4.78. The van der Waals surface area contributed by atoms with Crippen LogP contribution in [0, 0.1) is 6.92 Å². The molecule has 7 heteroatoms. The number of aromatic nitrogens is 2. The Balaban J connectivity index is 1.57. The molecule has 1 N–H and O–H groups in total. The van der Waals surface area contributed by atoms with E-state index < -0.39 is 0 Å². The van der Waals surface area contributed by atoms with Crippen LogP contribution in [0.25, 0.3) is 0 Å². The Morgan fingerprint density at radius 1 is 1.44 bits per heavy atom. The Hall–Kier alpha value is -0.270. The van der Waals surface area contributed by atoms with Crippen LogP contribution < -0.4 is 5.32 Å². The molecule has 0 radical (unpaired) electrons. The molecule has 0 spiro atoms. The van der Waals surface area contributed by atoms with Crippen LogP contribution >= 0.6 is 32.9 Å². The number of carbonyl (C=O) groups is 1. The van der Waals surface area contributed by atoms with Crippen molar-refractivity contribution in [1.82, 2.24) is 10.2 Å². The predicted octanol–water partition coefficient (Wildman–Crippen LogP) is 3.50. The van der Waals surface area contributed by atoms with Crippen LogP contribution in [0.3, 0.4) is 0 Å². The number of unbranched alkanes of at least 4 members (excludes halogenated alkanes) is 1. The van der Waals surface area contributed by atoms with E-state index in [4.69, 9.17) is 0 Å². The van der Waals surface area contributed by atoms with Crippen molar-refractivity contribution >= 4 is 44.0 Å². The second kappa shape index (κ2) is 7.35. The molecule has 0 bridgehead atoms. The highest BCUT2D eigenvalue weighted by molar-refractivity contribution is 8.77. The summed E-state index contributed by atoms with van der Waals surface area (Å²) < 4.78 is 0. The molecule has 1 fully saturated rings. The van der Waals surface area contributed by atoms with Gasteiger partial charge in [-0.1, -0.05) is 39.3 Å². The van der Waals surface area contributed by atoms with Gasteiger partial charge in [-0.25, -0.2) is 0 Å². The number of nitrogens with one attached hydrogen (secondary N) is 1. The van der Waals surface area contributed by atoms with Gasteiger partial charge in [-0.2, -0.15) is 0 Å². The summed E-state index contributed by atoms with van der Waals surface area (Å²) in [6, 6.07) is 0. The van der Waals surface area contributed by atoms with E-state index in [0.29, 0.717) is 11.6 Å². The fraction of sp³-hybridized carbons (Fsp3) is 0.727. The van der Waals surface area contributed by atoms with E-state index in [-0.39, 0.29) is 5.91 Å². The molecule has 2 heterocycles. The van der Waals surface area contributed by atoms with Crippen molar-refractivity contribution in [2.75, 3.05) is 11.1 Å². The van der Waals surface area contributed by atoms with Gasteiger partial charge in [0.25, 0.3) is 0 Å². The van der Waals surface area contributed by atoms with Gasteiger partial charge in [0, 0.05) is 17.4 Å². The summed E-state index contributed by atoms with van der Waals surface area (Å²) in [5.74, 6) is 1.34. The highest BCUT2D eigenvalue weighted by Gasteiger charge is 2.15. The maximum atomic E-state index is 11.6. The summed E-state index contributed by atoms with van der Waals surface area (Å²) in [7, 11) is 3.98. The van der Waals surface area contributed by atoms with Crippen LogP contribution in [0.1, 0.15) is 37.1 Å². The Morgan fingerprint density at radius 2 is 2.33 bits per heavy atom. The topological polar surface area (TPSA) is 54.9 Å². The highest BCUT2D eigenvalue weighted by atomic mass is 33.1. The molecule has 0 unspecified atom stereocenters. The van der Waals surface area contributed by atoms with Crippen LogP contribution in [0.4, 0.5) is 5.13 Å². The van der Waals surface area contributed by atoms with Gasteiger partial charge in [-0.15, -0.1) is 10.2 Å². The van der Waals surface area contributed by atoms with E-state index >= 15 is 0 Å². The summed E-state index contributed by atoms with van der Waals surface area (Å²) >= 11 is 1.42. The largest absolute Gasteiger partial charge is 0.301 e. The number of aryl methyl sites for hydroxylation is 1. The van der Waals surface area contributed by atoms with E-state index in [1.54, 1.807) is 0 Å². The Kier molecular flexibility index (Phi) is 5.78. The van der Waals surface area contributed by atoms with Crippen molar-refractivity contribution in [3.05, 3.63) is 5.01 Å². The molecule has 1 aliphatic heterocycles. The molecule has 1 aromatic heterocycles. The lowest BCUT2D eigenvalue weighted by atomic mass is 10.1. The monoisotopic (exact) mass is 303 g/mol. The molecule has 1 saturated heterocycles. The number of hydrogen-bond donors (Lipinski definition) is 1. The molecule has 18 heavy (non-hydrogen) atoms. The van der Waals surface area contributed by atoms with Crippen molar-refractivity contribution in [2.45, 2.75) is 44.3 Å². The van der Waals surface area contributed by atoms with Crippen molar-refractivity contribution in [3.8, 4) is 0 Å². The summed E-state index contributed by atoms with van der Waals surface area (Å²) in [6.07, 6.45) is 5.25. The van der Waals surface area contributed by atoms with E-state index in [0.717, 1.165) is 23.1 Å². The lowest BCUT2D eigenvalue weighted by molar-refractivity contribution is -0.116. The maximum Gasteiger partial charge on any atom is 0.226 e. The first-order chi connectivity index (χ1) is 8.74. The quantitative estimate of drug-likeness (QED) is 0.644. The number of carbonyl (C=O) groups excluding carboxylic acids is 1. The average Bonchev–Trinajstić information content (AvgIpc) is 2.96. The van der Waals surface area contributed by atoms with Crippen LogP contribution in [-0.4, -0.2) is 27.1 Å². The third-order valence-electron chi connectivity index (χ3n) is 2.68. The molecule has 1 aromatic rings. The number of nitrogens with zero attached hydrogens (tertiary/aromatic N) is 2. The molecule has 1 aliphatic rings. The van der Waals surface area contributed by atoms with Crippen molar-refractivity contribution < 1.29 is 4.79 Å². The van der Waals surface area contributed by atoms with Gasteiger partial charge in [-0.05, 0) is 26.2 Å². The molecule has 4 nitrogen and oxygen atoms in total. The number of amides is 1. The normalized spacial score (nSPS) is 19.1. The summed E-state index contributed by atoms with van der Waals surface area (Å²) in [4.78, 5) is 11.6. The van der Waals surface area contributed by atoms with E-state index in [9.17, 15) is 4.79 Å². The standard InChI is InChI=1S/C11H17N3OS3/c1-8-13-14-11(17-8)12-10(15)5-3-2-4-9-6-7-16-18-9/h9H,2-7H2,1H3,(H,12,14,15)/t9-/m0/s1. The zero-order valence-electron chi connectivity index (χ0n) is 10.3. The Morgan fingerprint density at radius 3 is 3.00 bits per heavy atom. The SMILES string of the molecule is Cc1nnc(NC(=O)CCCC[C@H]2CCSS2)s1. The molecule has 0 aliphatic carbocycles. The van der Waals surface area contributed by atoms with Crippen molar-refractivity contribution in [1.29, 1.82) is 0 Å². The molecule has 2 rings (SSSR count). The first kappa shape index (κ1) is 14.1. The molecular formula is C11H17N3OS3. The van der Waals surface area contributed by atoms with Gasteiger partial charge in [0.2, 0.25) is 11.0 Å². The first-order valence-electron chi connectivity index (χ1n) is 6.12. The molecule has 1 amide bonds. The summed E-state index contributed by atoms with van der Waals surface area (Å²) in [6.45, 7) is 1.88. The van der Waals surface area contributed by atoms with Gasteiger partial charge >= 0.3 is 0 Å². The first-order valence-corrected chi connectivity index (χ1v) is 9.32. The minimum atomic E-state index is 0.0552. The van der Waals surface area contributed by atoms with Gasteiger partial charge in [0.15, 0.2) is 0 Å². The molecule has 100 valence electrons. The molecule has 0 saturated carbocycles. The van der Waals surface area contributed by atoms with Gasteiger partial charge < -0.3 is 5.32 Å². The lowest BCUT2D eigenvalue weighted by Gasteiger charge is -2.06. The minimum Gasteiger partial charge on any atom is -0.301 e. The Labute approximate surface area is 119 Å². The van der Waals surface area contributed by atoms with Crippen molar-refractivity contribution in [2.24, 2.45) is 0 Å². The average molecular weight is 303 g/mol. The van der Waals surface area contributed by atoms with Gasteiger partial charge in [-0.3, -0.25) is 4.79 Å². The number of rotatable bonds is 6. The van der Waals surface area contributed by atoms with Crippen LogP contribution in [0.2, 0.25) is 0 Å². The van der Waals surface area contributed by atoms with Crippen LogP contribution in [-0.2, 0) is 4.79 Å². The van der Waals surface area contributed by atoms with Crippen LogP contribution in [0.5, 0.6) is 0 Å². The van der Waals surface area contributed by atoms with E-state index in [1.165, 1.54) is 29.9 Å². The molecule has 1 atom stereocenters.